The van der Waals surface area contributed by atoms with Gasteiger partial charge in [-0.2, -0.15) is 11.8 Å². The Hall–Kier alpha value is -1.24. The second kappa shape index (κ2) is 5.59. The van der Waals surface area contributed by atoms with E-state index >= 15 is 0 Å². The van der Waals surface area contributed by atoms with Crippen molar-refractivity contribution >= 4 is 29.4 Å². The van der Waals surface area contributed by atoms with E-state index in [-0.39, 0.29) is 18.0 Å². The van der Waals surface area contributed by atoms with E-state index in [0.717, 1.165) is 5.75 Å². The Balaban J connectivity index is 2.30. The van der Waals surface area contributed by atoms with Crippen molar-refractivity contribution < 1.29 is 19.5 Å². The zero-order valence-corrected chi connectivity index (χ0v) is 9.04. The van der Waals surface area contributed by atoms with Gasteiger partial charge in [0, 0.05) is 18.7 Å². The smallest absolute Gasteiger partial charge is 0.353 e. The van der Waals surface area contributed by atoms with Crippen molar-refractivity contribution in [2.75, 3.05) is 18.6 Å². The van der Waals surface area contributed by atoms with Gasteiger partial charge in [0.15, 0.2) is 5.71 Å². The topological polar surface area (TPSA) is 88.0 Å². The van der Waals surface area contributed by atoms with Crippen molar-refractivity contribution in [1.29, 1.82) is 0 Å². The average Bonchev–Trinajstić information content (AvgIpc) is 2.66. The van der Waals surface area contributed by atoms with Crippen LogP contribution >= 0.6 is 11.8 Å². The van der Waals surface area contributed by atoms with Crippen LogP contribution in [0.5, 0.6) is 0 Å². The van der Waals surface area contributed by atoms with Crippen molar-refractivity contribution in [2.24, 2.45) is 5.16 Å². The highest BCUT2D eigenvalue weighted by Gasteiger charge is 2.31. The summed E-state index contributed by atoms with van der Waals surface area (Å²) < 4.78 is 0. The molecule has 0 aromatic rings. The van der Waals surface area contributed by atoms with Gasteiger partial charge in [-0.15, -0.1) is 0 Å². The Labute approximate surface area is 91.0 Å². The van der Waals surface area contributed by atoms with Gasteiger partial charge in [0.2, 0.25) is 6.10 Å². The van der Waals surface area contributed by atoms with Crippen molar-refractivity contribution in [1.82, 2.24) is 5.32 Å². The van der Waals surface area contributed by atoms with Gasteiger partial charge in [0.1, 0.15) is 0 Å². The van der Waals surface area contributed by atoms with E-state index in [1.807, 2.05) is 6.26 Å². The maximum atomic E-state index is 11.4. The molecule has 1 atom stereocenters. The minimum Gasteiger partial charge on any atom is -0.477 e. The van der Waals surface area contributed by atoms with Crippen molar-refractivity contribution in [3.63, 3.8) is 0 Å². The molecule has 1 aliphatic rings. The fourth-order valence-corrected chi connectivity index (χ4v) is 1.34. The Morgan fingerprint density at radius 2 is 2.47 bits per heavy atom. The monoisotopic (exact) mass is 232 g/mol. The lowest BCUT2D eigenvalue weighted by Crippen LogP contribution is -2.36. The molecule has 0 saturated heterocycles. The van der Waals surface area contributed by atoms with Crippen molar-refractivity contribution in [3.8, 4) is 0 Å². The van der Waals surface area contributed by atoms with Crippen molar-refractivity contribution in [3.05, 3.63) is 0 Å². The molecule has 0 aliphatic carbocycles. The number of oxime groups is 1. The standard InChI is InChI=1S/C8H12N2O4S/c1-15-3-2-9-7(11)6-4-5(8(12)13)10-14-6/h6H,2-4H2,1H3,(H,9,11)(H,12,13). The molecule has 1 amide bonds. The fraction of sp³-hybridized carbons (Fsp3) is 0.625. The van der Waals surface area contributed by atoms with E-state index in [1.165, 1.54) is 0 Å². The summed E-state index contributed by atoms with van der Waals surface area (Å²) in [5, 5.41) is 14.5. The summed E-state index contributed by atoms with van der Waals surface area (Å²) >= 11 is 1.61. The molecule has 7 heteroatoms. The number of nitrogens with one attached hydrogen (secondary N) is 1. The van der Waals surface area contributed by atoms with E-state index in [1.54, 1.807) is 11.8 Å². The largest absolute Gasteiger partial charge is 0.477 e. The number of nitrogens with zero attached hydrogens (tertiary/aromatic N) is 1. The van der Waals surface area contributed by atoms with Gasteiger partial charge in [0.05, 0.1) is 0 Å². The zero-order valence-electron chi connectivity index (χ0n) is 8.23. The van der Waals surface area contributed by atoms with E-state index < -0.39 is 12.1 Å². The van der Waals surface area contributed by atoms with Crippen LogP contribution < -0.4 is 5.32 Å². The van der Waals surface area contributed by atoms with Gasteiger partial charge < -0.3 is 15.3 Å². The summed E-state index contributed by atoms with van der Waals surface area (Å²) in [4.78, 5) is 26.6. The molecule has 0 fully saturated rings. The summed E-state index contributed by atoms with van der Waals surface area (Å²) in [5.74, 6) is -0.649. The molecule has 1 unspecified atom stereocenters. The third kappa shape index (κ3) is 3.43. The third-order valence-corrected chi connectivity index (χ3v) is 2.43. The normalized spacial score (nSPS) is 19.3. The van der Waals surface area contributed by atoms with E-state index in [2.05, 4.69) is 10.5 Å². The number of hydrogen-bond donors (Lipinski definition) is 2. The predicted octanol–water partition coefficient (Wildman–Crippen LogP) is -0.305. The van der Waals surface area contributed by atoms with Gasteiger partial charge in [-0.1, -0.05) is 5.16 Å². The highest BCUT2D eigenvalue weighted by molar-refractivity contribution is 7.98. The number of carboxylic acids is 1. The molecular weight excluding hydrogens is 220 g/mol. The fourth-order valence-electron chi connectivity index (χ4n) is 1.03. The van der Waals surface area contributed by atoms with Crippen LogP contribution in [0.2, 0.25) is 0 Å². The minimum atomic E-state index is -1.14. The summed E-state index contributed by atoms with van der Waals surface area (Å²) in [5.41, 5.74) is -0.111. The molecule has 6 nitrogen and oxygen atoms in total. The summed E-state index contributed by atoms with van der Waals surface area (Å²) in [6.45, 7) is 0.544. The molecule has 1 heterocycles. The Kier molecular flexibility index (Phi) is 4.41. The first-order valence-electron chi connectivity index (χ1n) is 4.37. The SMILES string of the molecule is CSCCNC(=O)C1CC(C(=O)O)=NO1. The highest BCUT2D eigenvalue weighted by atomic mass is 32.2. The van der Waals surface area contributed by atoms with Gasteiger partial charge in [0.25, 0.3) is 5.91 Å². The number of thioether (sulfide) groups is 1. The molecule has 1 rings (SSSR count). The van der Waals surface area contributed by atoms with Crippen LogP contribution in [-0.4, -0.2) is 47.4 Å². The van der Waals surface area contributed by atoms with Crippen LogP contribution in [0.25, 0.3) is 0 Å². The first-order chi connectivity index (χ1) is 7.15. The number of carbonyl (C=O) groups is 2. The van der Waals surface area contributed by atoms with Crippen LogP contribution in [0.3, 0.4) is 0 Å². The van der Waals surface area contributed by atoms with Gasteiger partial charge in [-0.3, -0.25) is 4.79 Å². The third-order valence-electron chi connectivity index (χ3n) is 1.81. The summed E-state index contributed by atoms with van der Waals surface area (Å²) in [7, 11) is 0. The number of rotatable bonds is 5. The van der Waals surface area contributed by atoms with E-state index in [9.17, 15) is 9.59 Å². The molecule has 15 heavy (non-hydrogen) atoms. The van der Waals surface area contributed by atoms with E-state index in [4.69, 9.17) is 9.94 Å². The minimum absolute atomic E-state index is 0.0282. The number of hydrogen-bond acceptors (Lipinski definition) is 5. The summed E-state index contributed by atoms with van der Waals surface area (Å²) in [6.07, 6.45) is 1.17. The van der Waals surface area contributed by atoms with Crippen molar-refractivity contribution in [2.45, 2.75) is 12.5 Å². The molecular formula is C8H12N2O4S. The molecule has 2 N–H and O–H groups in total. The molecule has 0 aromatic heterocycles. The van der Waals surface area contributed by atoms with Gasteiger partial charge >= 0.3 is 5.97 Å². The lowest BCUT2D eigenvalue weighted by molar-refractivity contribution is -0.131. The lowest BCUT2D eigenvalue weighted by atomic mass is 10.2. The van der Waals surface area contributed by atoms with Crippen LogP contribution in [0.1, 0.15) is 6.42 Å². The summed E-state index contributed by atoms with van der Waals surface area (Å²) in [6, 6.07) is 0. The highest BCUT2D eigenvalue weighted by Crippen LogP contribution is 2.10. The molecule has 84 valence electrons. The Morgan fingerprint density at radius 1 is 1.73 bits per heavy atom. The van der Waals surface area contributed by atoms with Crippen LogP contribution in [0, 0.1) is 0 Å². The molecule has 0 aromatic carbocycles. The van der Waals surface area contributed by atoms with Crippen LogP contribution in [0.15, 0.2) is 5.16 Å². The molecule has 0 saturated carbocycles. The number of aliphatic carboxylic acids is 1. The quantitative estimate of drug-likeness (QED) is 0.635. The Bertz CT molecular complexity index is 292. The average molecular weight is 232 g/mol. The number of carboxylic acid groups (broad SMARTS) is 1. The number of carbonyl (C=O) groups excluding carboxylic acids is 1. The molecule has 0 bridgehead atoms. The van der Waals surface area contributed by atoms with E-state index in [0.29, 0.717) is 6.54 Å². The first kappa shape index (κ1) is 11.8. The second-order valence-electron chi connectivity index (χ2n) is 2.93. The zero-order chi connectivity index (χ0) is 11.3. The first-order valence-corrected chi connectivity index (χ1v) is 5.77. The maximum absolute atomic E-state index is 11.4. The molecule has 0 radical (unpaired) electrons. The van der Waals surface area contributed by atoms with Crippen LogP contribution in [-0.2, 0) is 14.4 Å². The lowest BCUT2D eigenvalue weighted by Gasteiger charge is -2.08. The number of amides is 1. The predicted molar refractivity (Wildman–Crippen MR) is 56.0 cm³/mol. The molecule has 1 aliphatic heterocycles. The van der Waals surface area contributed by atoms with Crippen LogP contribution in [0.4, 0.5) is 0 Å². The maximum Gasteiger partial charge on any atom is 0.353 e. The Morgan fingerprint density at radius 3 is 3.00 bits per heavy atom. The molecule has 0 spiro atoms. The van der Waals surface area contributed by atoms with Gasteiger partial charge in [-0.05, 0) is 6.26 Å². The second-order valence-corrected chi connectivity index (χ2v) is 3.91. The van der Waals surface area contributed by atoms with Gasteiger partial charge in [-0.25, -0.2) is 4.79 Å².